The first kappa shape index (κ1) is 23.4. The summed E-state index contributed by atoms with van der Waals surface area (Å²) in [6.45, 7) is 12.4. The van der Waals surface area contributed by atoms with Crippen LogP contribution in [-0.4, -0.2) is 11.8 Å². The van der Waals surface area contributed by atoms with Crippen LogP contribution in [0, 0.1) is 0 Å². The summed E-state index contributed by atoms with van der Waals surface area (Å²) in [5.74, 6) is 6.72. The zero-order valence-corrected chi connectivity index (χ0v) is 21.9. The summed E-state index contributed by atoms with van der Waals surface area (Å²) in [4.78, 5) is 0. The predicted molar refractivity (Wildman–Crippen MR) is 133 cm³/mol. The molecule has 4 aromatic rings. The van der Waals surface area contributed by atoms with E-state index in [4.69, 9.17) is 40.9 Å². The summed E-state index contributed by atoms with van der Waals surface area (Å²) in [6.07, 6.45) is 0. The Kier molecular flexibility index (Phi) is 5.24. The molecule has 0 aromatic carbocycles. The topological polar surface area (TPSA) is 52.6 Å². The molecule has 0 unspecified atom stereocenters. The van der Waals surface area contributed by atoms with Gasteiger partial charge in [-0.25, -0.2) is 0 Å². The fraction of sp³-hybridized carbons (Fsp3) is 0.429. The molecule has 0 saturated heterocycles. The first-order valence-corrected chi connectivity index (χ1v) is 12.6. The van der Waals surface area contributed by atoms with E-state index in [1.165, 1.54) is 0 Å². The normalized spacial score (nSPS) is 25.4. The van der Waals surface area contributed by atoms with Gasteiger partial charge in [-0.15, -0.1) is 23.2 Å². The molecule has 8 bridgehead atoms. The monoisotopic (exact) mass is 500 g/mol. The van der Waals surface area contributed by atoms with Crippen molar-refractivity contribution in [2.24, 2.45) is 0 Å². The van der Waals surface area contributed by atoms with Crippen LogP contribution in [0.25, 0.3) is 0 Å². The lowest BCUT2D eigenvalue weighted by Crippen LogP contribution is -2.26. The van der Waals surface area contributed by atoms with Crippen LogP contribution in [0.2, 0.25) is 0 Å². The van der Waals surface area contributed by atoms with Crippen LogP contribution in [0.5, 0.6) is 0 Å². The maximum absolute atomic E-state index is 6.53. The smallest absolute Gasteiger partial charge is 0.118 e. The van der Waals surface area contributed by atoms with Crippen LogP contribution in [0.4, 0.5) is 0 Å². The number of fused-ring (bicyclic) bond motifs is 8. The average molecular weight is 501 g/mol. The van der Waals surface area contributed by atoms with Gasteiger partial charge < -0.3 is 17.7 Å². The zero-order chi connectivity index (χ0) is 24.5. The molecule has 0 spiro atoms. The highest BCUT2D eigenvalue weighted by molar-refractivity contribution is 6.19. The van der Waals surface area contributed by atoms with Gasteiger partial charge in [0.25, 0.3) is 0 Å². The van der Waals surface area contributed by atoms with Crippen molar-refractivity contribution in [2.75, 3.05) is 11.8 Å². The summed E-state index contributed by atoms with van der Waals surface area (Å²) in [7, 11) is 0. The van der Waals surface area contributed by atoms with Gasteiger partial charge in [-0.05, 0) is 90.1 Å². The summed E-state index contributed by atoms with van der Waals surface area (Å²) < 4.78 is 25.8. The van der Waals surface area contributed by atoms with Crippen molar-refractivity contribution >= 4 is 23.2 Å². The van der Waals surface area contributed by atoms with Gasteiger partial charge >= 0.3 is 0 Å². The van der Waals surface area contributed by atoms with E-state index >= 15 is 0 Å². The Hall–Kier alpha value is -2.30. The largest absolute Gasteiger partial charge is 0.464 e. The number of rotatable bonds is 2. The van der Waals surface area contributed by atoms with E-state index in [0.717, 1.165) is 46.1 Å². The molecule has 0 aliphatic carbocycles. The van der Waals surface area contributed by atoms with Crippen LogP contribution < -0.4 is 0 Å². The predicted octanol–water partition coefficient (Wildman–Crippen LogP) is 8.11. The van der Waals surface area contributed by atoms with Crippen LogP contribution >= 0.6 is 23.2 Å². The average Bonchev–Trinajstić information content (AvgIpc) is 3.63. The molecule has 4 aromatic heterocycles. The molecule has 0 saturated carbocycles. The Bertz CT molecular complexity index is 1140. The second-order valence-corrected chi connectivity index (χ2v) is 11.4. The summed E-state index contributed by atoms with van der Waals surface area (Å²) in [5, 5.41) is 0. The molecule has 1 aliphatic rings. The van der Waals surface area contributed by atoms with Gasteiger partial charge in [0.1, 0.15) is 46.1 Å². The van der Waals surface area contributed by atoms with E-state index < -0.39 is 21.7 Å². The highest BCUT2D eigenvalue weighted by Crippen LogP contribution is 2.45. The number of alkyl halides is 2. The molecule has 0 radical (unpaired) electrons. The molecular weight excluding hydrogens is 471 g/mol. The first-order valence-electron chi connectivity index (χ1n) is 11.5. The van der Waals surface area contributed by atoms with Crippen LogP contribution in [0.1, 0.15) is 87.6 Å². The first-order chi connectivity index (χ1) is 16.0. The van der Waals surface area contributed by atoms with E-state index in [2.05, 4.69) is 27.7 Å². The molecule has 5 rings (SSSR count). The van der Waals surface area contributed by atoms with Crippen molar-refractivity contribution in [1.29, 1.82) is 0 Å². The van der Waals surface area contributed by atoms with E-state index in [-0.39, 0.29) is 0 Å². The fourth-order valence-corrected chi connectivity index (χ4v) is 5.16. The van der Waals surface area contributed by atoms with E-state index in [9.17, 15) is 0 Å². The van der Waals surface area contributed by atoms with Crippen molar-refractivity contribution < 1.29 is 17.7 Å². The SMILES string of the molecule is CC1(C)c2ccc(o2)C(C)(CCl)c2ccc(o2)C(C)(C)c2ccc(o2)C(C)(CCl)c2ccc1o2. The maximum Gasteiger partial charge on any atom is 0.118 e. The third-order valence-electron chi connectivity index (χ3n) is 7.60. The lowest BCUT2D eigenvalue weighted by atomic mass is 9.86. The zero-order valence-electron chi connectivity index (χ0n) is 20.4. The molecule has 4 nitrogen and oxygen atoms in total. The van der Waals surface area contributed by atoms with Gasteiger partial charge in [0, 0.05) is 11.8 Å². The number of hydrogen-bond acceptors (Lipinski definition) is 4. The van der Waals surface area contributed by atoms with Crippen molar-refractivity contribution in [3.63, 3.8) is 0 Å². The Balaban J connectivity index is 1.78. The summed E-state index contributed by atoms with van der Waals surface area (Å²) in [6, 6.07) is 15.9. The molecule has 34 heavy (non-hydrogen) atoms. The third-order valence-corrected chi connectivity index (χ3v) is 8.67. The minimum Gasteiger partial charge on any atom is -0.464 e. The quantitative estimate of drug-likeness (QED) is 0.260. The highest BCUT2D eigenvalue weighted by atomic mass is 35.5. The van der Waals surface area contributed by atoms with E-state index in [1.54, 1.807) is 0 Å². The second kappa shape index (κ2) is 7.60. The van der Waals surface area contributed by atoms with Gasteiger partial charge in [0.2, 0.25) is 0 Å². The highest BCUT2D eigenvalue weighted by Gasteiger charge is 2.42. The molecular formula is C28H30Cl2O4. The van der Waals surface area contributed by atoms with Crippen LogP contribution in [-0.2, 0) is 21.7 Å². The fourth-order valence-electron chi connectivity index (χ4n) is 4.63. The van der Waals surface area contributed by atoms with Gasteiger partial charge in [0.05, 0.1) is 21.7 Å². The minimum absolute atomic E-state index is 0.303. The third kappa shape index (κ3) is 3.18. The van der Waals surface area contributed by atoms with Crippen molar-refractivity contribution in [3.8, 4) is 0 Å². The lowest BCUT2D eigenvalue weighted by molar-refractivity contribution is 0.274. The Morgan fingerprint density at radius 2 is 0.647 bits per heavy atom. The molecule has 0 amide bonds. The number of furan rings is 4. The Morgan fingerprint density at radius 1 is 0.441 bits per heavy atom. The van der Waals surface area contributed by atoms with E-state index in [0.29, 0.717) is 11.8 Å². The second-order valence-electron chi connectivity index (χ2n) is 10.8. The van der Waals surface area contributed by atoms with Crippen molar-refractivity contribution in [1.82, 2.24) is 0 Å². The number of hydrogen-bond donors (Lipinski definition) is 0. The van der Waals surface area contributed by atoms with Crippen LogP contribution in [0.15, 0.2) is 66.2 Å². The van der Waals surface area contributed by atoms with Gasteiger partial charge in [-0.3, -0.25) is 0 Å². The standard InChI is InChI=1S/C28H30Cl2O4/c1-25(2)17-7-11-21(31-17)27(5,15-29)23-13-9-19(33-23)26(3,4)20-10-14-24(34-20)28(6,16-30)22-12-8-18(25)32-22/h7-14H,15-16H2,1-6H3. The van der Waals surface area contributed by atoms with Crippen molar-refractivity contribution in [2.45, 2.75) is 63.2 Å². The maximum atomic E-state index is 6.53. The van der Waals surface area contributed by atoms with Gasteiger partial charge in [-0.1, -0.05) is 0 Å². The number of halogens is 2. The molecule has 6 heteroatoms. The Morgan fingerprint density at radius 3 is 0.853 bits per heavy atom. The Labute approximate surface area is 210 Å². The minimum atomic E-state index is -0.638. The molecule has 180 valence electrons. The van der Waals surface area contributed by atoms with E-state index in [1.807, 2.05) is 62.4 Å². The summed E-state index contributed by atoms with van der Waals surface area (Å²) in [5.41, 5.74) is -2.31. The van der Waals surface area contributed by atoms with Gasteiger partial charge in [-0.2, -0.15) is 0 Å². The summed E-state index contributed by atoms with van der Waals surface area (Å²) >= 11 is 13.1. The molecule has 0 fully saturated rings. The molecule has 0 N–H and O–H groups in total. The molecule has 5 heterocycles. The molecule has 0 atom stereocenters. The lowest BCUT2D eigenvalue weighted by Gasteiger charge is -2.26. The van der Waals surface area contributed by atoms with Gasteiger partial charge in [0.15, 0.2) is 0 Å². The van der Waals surface area contributed by atoms with Crippen molar-refractivity contribution in [3.05, 3.63) is 94.6 Å². The van der Waals surface area contributed by atoms with Crippen LogP contribution in [0.3, 0.4) is 0 Å². The molecule has 1 aliphatic heterocycles.